The zero-order valence-electron chi connectivity index (χ0n) is 10.3. The Morgan fingerprint density at radius 1 is 1.24 bits per heavy atom. The summed E-state index contributed by atoms with van der Waals surface area (Å²) in [7, 11) is 0. The maximum absolute atomic E-state index is 11.4. The predicted molar refractivity (Wildman–Crippen MR) is 67.3 cm³/mol. The molecule has 98 valence electrons. The first-order valence-corrected chi connectivity index (χ1v) is 6.87. The Morgan fingerprint density at radius 3 is 2.41 bits per heavy atom. The van der Waals surface area contributed by atoms with Crippen molar-refractivity contribution in [1.82, 2.24) is 0 Å². The van der Waals surface area contributed by atoms with Crippen molar-refractivity contribution in [3.8, 4) is 0 Å². The average Bonchev–Trinajstić information content (AvgIpc) is 2.31. The second-order valence-corrected chi connectivity index (χ2v) is 5.44. The summed E-state index contributed by atoms with van der Waals surface area (Å²) < 4.78 is 0. The van der Waals surface area contributed by atoms with E-state index in [4.69, 9.17) is 16.7 Å². The summed E-state index contributed by atoms with van der Waals surface area (Å²) in [5, 5.41) is 8.21. The fraction of sp³-hybridized carbons (Fsp3) is 0.846. The number of carboxylic acids is 1. The van der Waals surface area contributed by atoms with E-state index < -0.39 is 5.97 Å². The number of rotatable bonds is 8. The number of halogens is 1. The molecule has 17 heavy (non-hydrogen) atoms. The van der Waals surface area contributed by atoms with Crippen LogP contribution in [0.15, 0.2) is 0 Å². The van der Waals surface area contributed by atoms with Crippen molar-refractivity contribution in [3.63, 3.8) is 0 Å². The zero-order chi connectivity index (χ0) is 12.8. The molecular weight excluding hydrogens is 240 g/mol. The number of hydrogen-bond donors (Lipinski definition) is 1. The average molecular weight is 261 g/mol. The molecule has 0 heterocycles. The van der Waals surface area contributed by atoms with Crippen LogP contribution >= 0.6 is 11.6 Å². The molecule has 1 rings (SSSR count). The Hall–Kier alpha value is -0.570. The molecule has 1 unspecified atom stereocenters. The highest BCUT2D eigenvalue weighted by molar-refractivity contribution is 6.34. The van der Waals surface area contributed by atoms with Crippen LogP contribution in [-0.2, 0) is 9.59 Å². The summed E-state index contributed by atoms with van der Waals surface area (Å²) in [5.41, 5.74) is 0. The van der Waals surface area contributed by atoms with Crippen LogP contribution in [0.1, 0.15) is 51.9 Å². The van der Waals surface area contributed by atoms with E-state index in [0.717, 1.165) is 38.5 Å². The molecular formula is C13H21ClO3. The summed E-state index contributed by atoms with van der Waals surface area (Å²) in [5.74, 6) is 0.00443. The van der Waals surface area contributed by atoms with Crippen LogP contribution in [0, 0.1) is 11.8 Å². The number of ketones is 1. The lowest BCUT2D eigenvalue weighted by molar-refractivity contribution is -0.137. The van der Waals surface area contributed by atoms with Crippen molar-refractivity contribution >= 4 is 23.4 Å². The van der Waals surface area contributed by atoms with E-state index in [1.807, 2.05) is 6.92 Å². The summed E-state index contributed by atoms with van der Waals surface area (Å²) in [6.45, 7) is 2.04. The Morgan fingerprint density at radius 2 is 1.82 bits per heavy atom. The van der Waals surface area contributed by atoms with E-state index in [2.05, 4.69) is 0 Å². The van der Waals surface area contributed by atoms with Crippen LogP contribution in [-0.4, -0.2) is 22.2 Å². The molecule has 0 aromatic rings. The standard InChI is InChI=1S/C13H21ClO3/c1-9-10(13(17)12(9)14)7-5-3-2-4-6-8-11(15)16/h9-10,12H,2-8H2,1H3,(H,15,16)/t9-,10-,12?/m0/s1. The number of carbonyl (C=O) groups excluding carboxylic acids is 1. The van der Waals surface area contributed by atoms with E-state index in [0.29, 0.717) is 5.92 Å². The number of alkyl halides is 1. The molecule has 4 heteroatoms. The van der Waals surface area contributed by atoms with Gasteiger partial charge >= 0.3 is 5.97 Å². The second kappa shape index (κ2) is 7.00. The lowest BCUT2D eigenvalue weighted by Crippen LogP contribution is -2.47. The van der Waals surface area contributed by atoms with Crippen LogP contribution in [0.5, 0.6) is 0 Å². The van der Waals surface area contributed by atoms with Gasteiger partial charge in [0.2, 0.25) is 0 Å². The highest BCUT2D eigenvalue weighted by Crippen LogP contribution is 2.38. The quantitative estimate of drug-likeness (QED) is 0.538. The monoisotopic (exact) mass is 260 g/mol. The molecule has 0 aromatic heterocycles. The van der Waals surface area contributed by atoms with Gasteiger partial charge in [0.15, 0.2) is 5.78 Å². The lowest BCUT2D eigenvalue weighted by atomic mass is 9.70. The third kappa shape index (κ3) is 4.30. The number of unbranched alkanes of at least 4 members (excludes halogenated alkanes) is 4. The molecule has 1 aliphatic rings. The number of Topliss-reactive ketones (excluding diaryl/α,β-unsaturated/α-hetero) is 1. The summed E-state index contributed by atoms with van der Waals surface area (Å²) in [6, 6.07) is 0. The van der Waals surface area contributed by atoms with Gasteiger partial charge in [-0.15, -0.1) is 11.6 Å². The molecule has 1 aliphatic carbocycles. The largest absolute Gasteiger partial charge is 0.481 e. The minimum Gasteiger partial charge on any atom is -0.481 e. The van der Waals surface area contributed by atoms with E-state index in [9.17, 15) is 9.59 Å². The number of carbonyl (C=O) groups is 2. The smallest absolute Gasteiger partial charge is 0.303 e. The van der Waals surface area contributed by atoms with E-state index in [-0.39, 0.29) is 23.5 Å². The topological polar surface area (TPSA) is 54.4 Å². The minimum absolute atomic E-state index is 0.177. The molecule has 0 aromatic carbocycles. The number of aliphatic carboxylic acids is 1. The van der Waals surface area contributed by atoms with Gasteiger partial charge in [-0.05, 0) is 18.8 Å². The first-order valence-electron chi connectivity index (χ1n) is 6.43. The highest BCUT2D eigenvalue weighted by atomic mass is 35.5. The van der Waals surface area contributed by atoms with Gasteiger partial charge in [0, 0.05) is 12.3 Å². The molecule has 3 atom stereocenters. The third-order valence-corrected chi connectivity index (χ3v) is 4.25. The number of carboxylic acid groups (broad SMARTS) is 1. The summed E-state index contributed by atoms with van der Waals surface area (Å²) in [6.07, 6.45) is 6.15. The van der Waals surface area contributed by atoms with Crippen molar-refractivity contribution in [2.24, 2.45) is 11.8 Å². The molecule has 0 saturated heterocycles. The van der Waals surface area contributed by atoms with Gasteiger partial charge in [-0.2, -0.15) is 0 Å². The van der Waals surface area contributed by atoms with Crippen LogP contribution in [0.25, 0.3) is 0 Å². The van der Waals surface area contributed by atoms with Gasteiger partial charge in [0.05, 0.1) is 5.38 Å². The molecule has 1 saturated carbocycles. The van der Waals surface area contributed by atoms with Gasteiger partial charge in [0.1, 0.15) is 0 Å². The van der Waals surface area contributed by atoms with Gasteiger partial charge in [0.25, 0.3) is 0 Å². The first-order chi connectivity index (χ1) is 8.04. The molecule has 0 radical (unpaired) electrons. The van der Waals surface area contributed by atoms with Crippen LogP contribution in [0.4, 0.5) is 0 Å². The second-order valence-electron chi connectivity index (χ2n) is 4.97. The normalized spacial score (nSPS) is 27.9. The molecule has 0 aliphatic heterocycles. The molecule has 0 spiro atoms. The summed E-state index contributed by atoms with van der Waals surface area (Å²) >= 11 is 5.85. The van der Waals surface area contributed by atoms with Gasteiger partial charge in [-0.1, -0.05) is 32.6 Å². The number of hydrogen-bond acceptors (Lipinski definition) is 2. The SMILES string of the molecule is C[C@@H]1C(Cl)C(=O)[C@H]1CCCCCCCC(=O)O. The Kier molecular flexibility index (Phi) is 5.96. The van der Waals surface area contributed by atoms with Gasteiger partial charge < -0.3 is 5.11 Å². The molecule has 1 N–H and O–H groups in total. The third-order valence-electron chi connectivity index (χ3n) is 3.64. The van der Waals surface area contributed by atoms with Gasteiger partial charge in [-0.25, -0.2) is 0 Å². The molecule has 0 amide bonds. The predicted octanol–water partition coefficient (Wildman–Crippen LogP) is 3.24. The first kappa shape index (κ1) is 14.5. The van der Waals surface area contributed by atoms with E-state index in [1.54, 1.807) is 0 Å². The Balaban J connectivity index is 1.95. The molecule has 0 bridgehead atoms. The van der Waals surface area contributed by atoms with Crippen molar-refractivity contribution in [1.29, 1.82) is 0 Å². The van der Waals surface area contributed by atoms with Crippen LogP contribution in [0.3, 0.4) is 0 Å². The maximum Gasteiger partial charge on any atom is 0.303 e. The highest BCUT2D eigenvalue weighted by Gasteiger charge is 2.44. The van der Waals surface area contributed by atoms with E-state index in [1.165, 1.54) is 0 Å². The van der Waals surface area contributed by atoms with Crippen molar-refractivity contribution in [2.75, 3.05) is 0 Å². The lowest BCUT2D eigenvalue weighted by Gasteiger charge is -2.37. The molecule has 1 fully saturated rings. The summed E-state index contributed by atoms with van der Waals surface area (Å²) in [4.78, 5) is 21.7. The van der Waals surface area contributed by atoms with E-state index >= 15 is 0 Å². The fourth-order valence-electron chi connectivity index (χ4n) is 2.38. The van der Waals surface area contributed by atoms with Crippen molar-refractivity contribution in [3.05, 3.63) is 0 Å². The van der Waals surface area contributed by atoms with Crippen LogP contribution in [0.2, 0.25) is 0 Å². The zero-order valence-corrected chi connectivity index (χ0v) is 11.1. The van der Waals surface area contributed by atoms with Crippen molar-refractivity contribution in [2.45, 2.75) is 57.2 Å². The van der Waals surface area contributed by atoms with Gasteiger partial charge in [-0.3, -0.25) is 9.59 Å². The Labute approximate surface area is 108 Å². The van der Waals surface area contributed by atoms with Crippen LogP contribution < -0.4 is 0 Å². The minimum atomic E-state index is -0.716. The van der Waals surface area contributed by atoms with Crippen molar-refractivity contribution < 1.29 is 14.7 Å². The fourth-order valence-corrected chi connectivity index (χ4v) is 2.72. The maximum atomic E-state index is 11.4. The Bertz CT molecular complexity index is 278. The molecule has 3 nitrogen and oxygen atoms in total.